The van der Waals surface area contributed by atoms with E-state index in [1.807, 2.05) is 11.8 Å². The molecule has 0 saturated carbocycles. The number of aliphatic imine (C=N–C) groups is 1. The summed E-state index contributed by atoms with van der Waals surface area (Å²) in [5, 5.41) is 0. The van der Waals surface area contributed by atoms with Crippen molar-refractivity contribution in [1.82, 2.24) is 4.57 Å². The molecule has 0 fully saturated rings. The van der Waals surface area contributed by atoms with Crippen LogP contribution in [0, 0.1) is 27.7 Å². The van der Waals surface area contributed by atoms with Gasteiger partial charge in [-0.3, -0.25) is 0 Å². The Hall–Kier alpha value is -2.46. The maximum atomic E-state index is 6.01. The number of nitrogens with zero attached hydrogens (tertiary/aromatic N) is 2. The maximum Gasteiger partial charge on any atom is 0.233 e. The van der Waals surface area contributed by atoms with E-state index in [0.717, 1.165) is 29.6 Å². The van der Waals surface area contributed by atoms with Crippen LogP contribution in [0.15, 0.2) is 59.7 Å². The largest absolute Gasteiger partial charge is 0.474 e. The molecule has 1 aromatic heterocycles. The molecule has 1 atom stereocenters. The maximum absolute atomic E-state index is 6.01. The first kappa shape index (κ1) is 20.8. The van der Waals surface area contributed by atoms with Gasteiger partial charge in [0.1, 0.15) is 12.3 Å². The van der Waals surface area contributed by atoms with Gasteiger partial charge in [-0.15, -0.1) is 0 Å². The average Bonchev–Trinajstić information content (AvgIpc) is 3.35. The highest BCUT2D eigenvalue weighted by molar-refractivity contribution is 7.98. The first-order chi connectivity index (χ1) is 14.5. The van der Waals surface area contributed by atoms with Gasteiger partial charge in [0.2, 0.25) is 5.90 Å². The lowest BCUT2D eigenvalue weighted by atomic mass is 10.00. The summed E-state index contributed by atoms with van der Waals surface area (Å²) in [5.74, 6) is 2.79. The topological polar surface area (TPSA) is 26.5 Å². The van der Waals surface area contributed by atoms with Crippen molar-refractivity contribution in [3.8, 4) is 0 Å². The molecule has 1 aliphatic rings. The lowest BCUT2D eigenvalue weighted by Crippen LogP contribution is -2.12. The Morgan fingerprint density at radius 3 is 2.53 bits per heavy atom. The van der Waals surface area contributed by atoms with Crippen molar-refractivity contribution in [1.29, 1.82) is 0 Å². The summed E-state index contributed by atoms with van der Waals surface area (Å²) in [7, 11) is 0. The first-order valence-electron chi connectivity index (χ1n) is 10.6. The Bertz CT molecular complexity index is 1040. The number of rotatable bonds is 7. The third-order valence-corrected chi connectivity index (χ3v) is 6.89. The zero-order valence-corrected chi connectivity index (χ0v) is 19.1. The lowest BCUT2D eigenvalue weighted by Gasteiger charge is -2.14. The fraction of sp³-hybridized carbons (Fsp3) is 0.346. The van der Waals surface area contributed by atoms with Crippen LogP contribution in [-0.4, -0.2) is 28.9 Å². The number of hydrogen-bond donors (Lipinski definition) is 0. The van der Waals surface area contributed by atoms with E-state index in [2.05, 4.69) is 87.0 Å². The van der Waals surface area contributed by atoms with Gasteiger partial charge >= 0.3 is 0 Å². The van der Waals surface area contributed by atoms with Crippen LogP contribution in [0.25, 0.3) is 0 Å². The Morgan fingerprint density at radius 1 is 1.00 bits per heavy atom. The summed E-state index contributed by atoms with van der Waals surface area (Å²) < 4.78 is 8.27. The van der Waals surface area contributed by atoms with Gasteiger partial charge < -0.3 is 9.30 Å². The van der Waals surface area contributed by atoms with E-state index in [0.29, 0.717) is 6.61 Å². The molecule has 0 spiro atoms. The molecule has 30 heavy (non-hydrogen) atoms. The summed E-state index contributed by atoms with van der Waals surface area (Å²) in [6.45, 7) is 10.2. The van der Waals surface area contributed by atoms with Gasteiger partial charge in [-0.1, -0.05) is 42.0 Å². The second-order valence-corrected chi connectivity index (χ2v) is 9.27. The minimum Gasteiger partial charge on any atom is -0.474 e. The van der Waals surface area contributed by atoms with Crippen molar-refractivity contribution in [2.75, 3.05) is 12.4 Å². The fourth-order valence-corrected chi connectivity index (χ4v) is 5.20. The number of hydrogen-bond acceptors (Lipinski definition) is 3. The molecule has 2 heterocycles. The summed E-state index contributed by atoms with van der Waals surface area (Å²) in [5.41, 5.74) is 9.21. The van der Waals surface area contributed by atoms with Gasteiger partial charge in [0, 0.05) is 24.2 Å². The van der Waals surface area contributed by atoms with E-state index >= 15 is 0 Å². The monoisotopic (exact) mass is 418 g/mol. The third-order valence-electron chi connectivity index (χ3n) is 5.76. The second-order valence-electron chi connectivity index (χ2n) is 8.24. The van der Waals surface area contributed by atoms with Gasteiger partial charge in [0.25, 0.3) is 0 Å². The normalized spacial score (nSPS) is 15.9. The molecule has 4 rings (SSSR count). The van der Waals surface area contributed by atoms with Crippen LogP contribution in [0.2, 0.25) is 0 Å². The molecule has 1 aliphatic heterocycles. The minimum absolute atomic E-state index is 0.222. The van der Waals surface area contributed by atoms with E-state index in [1.54, 1.807) is 0 Å². The molecule has 4 heteroatoms. The zero-order valence-electron chi connectivity index (χ0n) is 18.3. The average molecular weight is 419 g/mol. The Labute approximate surface area is 184 Å². The van der Waals surface area contributed by atoms with Crippen LogP contribution in [0.3, 0.4) is 0 Å². The fourth-order valence-electron chi connectivity index (χ4n) is 4.09. The van der Waals surface area contributed by atoms with Crippen molar-refractivity contribution >= 4 is 17.7 Å². The Morgan fingerprint density at radius 2 is 1.77 bits per heavy atom. The molecule has 0 aliphatic carbocycles. The highest BCUT2D eigenvalue weighted by atomic mass is 32.2. The zero-order chi connectivity index (χ0) is 21.1. The third kappa shape index (κ3) is 4.65. The number of benzene rings is 2. The van der Waals surface area contributed by atoms with Crippen LogP contribution < -0.4 is 0 Å². The quantitative estimate of drug-likeness (QED) is 0.481. The van der Waals surface area contributed by atoms with Crippen LogP contribution in [0.4, 0.5) is 0 Å². The van der Waals surface area contributed by atoms with Gasteiger partial charge in [0.15, 0.2) is 0 Å². The van der Waals surface area contributed by atoms with E-state index in [9.17, 15) is 0 Å². The molecule has 0 saturated heterocycles. The molecule has 0 amide bonds. The first-order valence-corrected chi connectivity index (χ1v) is 11.7. The number of aryl methyl sites for hydroxylation is 4. The molecule has 0 bridgehead atoms. The van der Waals surface area contributed by atoms with Gasteiger partial charge in [0.05, 0.1) is 6.04 Å². The molecule has 0 unspecified atom stereocenters. The predicted octanol–water partition coefficient (Wildman–Crippen LogP) is 5.85. The smallest absolute Gasteiger partial charge is 0.233 e. The van der Waals surface area contributed by atoms with E-state index in [-0.39, 0.29) is 6.04 Å². The highest BCUT2D eigenvalue weighted by Gasteiger charge is 2.22. The van der Waals surface area contributed by atoms with Crippen LogP contribution in [0.5, 0.6) is 0 Å². The molecule has 3 nitrogen and oxygen atoms in total. The summed E-state index contributed by atoms with van der Waals surface area (Å²) in [4.78, 5) is 4.90. The summed E-state index contributed by atoms with van der Waals surface area (Å²) in [6.07, 6.45) is 2.13. The van der Waals surface area contributed by atoms with Crippen molar-refractivity contribution in [2.45, 2.75) is 46.0 Å². The highest BCUT2D eigenvalue weighted by Crippen LogP contribution is 2.23. The summed E-state index contributed by atoms with van der Waals surface area (Å²) in [6, 6.07) is 17.5. The molecule has 0 radical (unpaired) electrons. The molecule has 3 aromatic rings. The van der Waals surface area contributed by atoms with E-state index < -0.39 is 0 Å². The van der Waals surface area contributed by atoms with Crippen molar-refractivity contribution in [3.63, 3.8) is 0 Å². The Balaban J connectivity index is 1.42. The lowest BCUT2D eigenvalue weighted by molar-refractivity contribution is 0.323. The standard InChI is InChI=1S/C26H30N2OS/c1-18-12-20(3)24(21(4)13-18)14-28-11-7-10-25(28)26-27-23(15-29-26)17-30-16-22-9-6-5-8-19(22)2/h5-13,23H,14-17H2,1-4H3/t23-/m1/s1. The van der Waals surface area contributed by atoms with Crippen molar-refractivity contribution in [3.05, 3.63) is 93.8 Å². The molecular weight excluding hydrogens is 388 g/mol. The molecule has 156 valence electrons. The van der Waals surface area contributed by atoms with Crippen LogP contribution in [-0.2, 0) is 17.0 Å². The number of ether oxygens (including phenoxy) is 1. The van der Waals surface area contributed by atoms with Gasteiger partial charge in [-0.2, -0.15) is 11.8 Å². The predicted molar refractivity (Wildman–Crippen MR) is 128 cm³/mol. The Kier molecular flexibility index (Phi) is 6.33. The summed E-state index contributed by atoms with van der Waals surface area (Å²) >= 11 is 1.94. The van der Waals surface area contributed by atoms with Crippen LogP contribution in [0.1, 0.15) is 39.1 Å². The van der Waals surface area contributed by atoms with E-state index in [4.69, 9.17) is 9.73 Å². The molecule has 0 N–H and O–H groups in total. The molecular formula is C26H30N2OS. The van der Waals surface area contributed by atoms with Gasteiger partial charge in [-0.05, 0) is 67.6 Å². The second kappa shape index (κ2) is 9.13. The minimum atomic E-state index is 0.222. The molecule has 2 aromatic carbocycles. The SMILES string of the molecule is Cc1cc(C)c(Cn2cccc2C2=N[C@@H](CSCc3ccccc3C)CO2)c(C)c1. The van der Waals surface area contributed by atoms with Gasteiger partial charge in [-0.25, -0.2) is 4.99 Å². The van der Waals surface area contributed by atoms with E-state index in [1.165, 1.54) is 33.4 Å². The number of aromatic nitrogens is 1. The number of thioether (sulfide) groups is 1. The van der Waals surface area contributed by atoms with Crippen LogP contribution >= 0.6 is 11.8 Å². The van der Waals surface area contributed by atoms with Crippen molar-refractivity contribution in [2.24, 2.45) is 4.99 Å². The van der Waals surface area contributed by atoms with Crippen molar-refractivity contribution < 1.29 is 4.74 Å².